The number of hydrogen-bond acceptors (Lipinski definition) is 3. The minimum Gasteiger partial charge on any atom is -0.462 e. The lowest BCUT2D eigenvalue weighted by molar-refractivity contribution is -0.152. The van der Waals surface area contributed by atoms with Gasteiger partial charge in [-0.25, -0.2) is 0 Å². The van der Waals surface area contributed by atoms with Crippen molar-refractivity contribution in [3.63, 3.8) is 0 Å². The molecule has 0 aliphatic heterocycles. The van der Waals surface area contributed by atoms with Crippen molar-refractivity contribution in [1.29, 1.82) is 0 Å². The Labute approximate surface area is 97.3 Å². The van der Waals surface area contributed by atoms with E-state index in [-0.39, 0.29) is 18.0 Å². The third-order valence-electron chi connectivity index (χ3n) is 4.38. The van der Waals surface area contributed by atoms with Gasteiger partial charge in [0, 0.05) is 12.3 Å². The zero-order valence-electron chi connectivity index (χ0n) is 10.2. The summed E-state index contributed by atoms with van der Waals surface area (Å²) in [7, 11) is 1.69. The summed E-state index contributed by atoms with van der Waals surface area (Å²) in [6.07, 6.45) is 2.47. The Morgan fingerprint density at radius 3 is 2.56 bits per heavy atom. The summed E-state index contributed by atoms with van der Waals surface area (Å²) in [6.45, 7) is 3.94. The van der Waals surface area contributed by atoms with Gasteiger partial charge < -0.3 is 9.53 Å². The van der Waals surface area contributed by atoms with Gasteiger partial charge in [-0.05, 0) is 30.6 Å². The van der Waals surface area contributed by atoms with Crippen LogP contribution in [0, 0.1) is 23.7 Å². The largest absolute Gasteiger partial charge is 0.462 e. The van der Waals surface area contributed by atoms with Crippen LogP contribution in [-0.4, -0.2) is 25.6 Å². The van der Waals surface area contributed by atoms with Crippen molar-refractivity contribution in [1.82, 2.24) is 0 Å². The highest BCUT2D eigenvalue weighted by molar-refractivity contribution is 6.58. The Morgan fingerprint density at radius 1 is 1.38 bits per heavy atom. The van der Waals surface area contributed by atoms with E-state index >= 15 is 0 Å². The number of rotatable bonds is 3. The molecule has 2 fully saturated rings. The van der Waals surface area contributed by atoms with Gasteiger partial charge in [-0.15, -0.1) is 0 Å². The summed E-state index contributed by atoms with van der Waals surface area (Å²) in [6, 6.07) is 0. The first kappa shape index (κ1) is 11.7. The molecule has 2 aliphatic rings. The summed E-state index contributed by atoms with van der Waals surface area (Å²) in [5.41, 5.74) is 0.306. The first-order valence-corrected chi connectivity index (χ1v) is 6.24. The van der Waals surface area contributed by atoms with Crippen LogP contribution in [0.2, 0.25) is 0 Å². The second kappa shape index (κ2) is 4.23. The lowest BCUT2D eigenvalue weighted by Gasteiger charge is -2.32. The molecule has 88 valence electrons. The molecule has 2 bridgehead atoms. The van der Waals surface area contributed by atoms with Crippen molar-refractivity contribution in [2.45, 2.75) is 39.2 Å². The van der Waals surface area contributed by atoms with Crippen LogP contribution < -0.4 is 0 Å². The van der Waals surface area contributed by atoms with Crippen LogP contribution in [-0.2, 0) is 14.3 Å². The summed E-state index contributed by atoms with van der Waals surface area (Å²) in [5, 5.41) is 0. The second-order valence-electron chi connectivity index (χ2n) is 5.27. The zero-order chi connectivity index (χ0) is 11.9. The second-order valence-corrected chi connectivity index (χ2v) is 5.27. The van der Waals surface area contributed by atoms with E-state index in [1.54, 1.807) is 7.85 Å². The van der Waals surface area contributed by atoms with Crippen LogP contribution in [0.5, 0.6) is 0 Å². The molecule has 0 saturated heterocycles. The van der Waals surface area contributed by atoms with E-state index in [4.69, 9.17) is 4.74 Å². The molecule has 5 unspecified atom stereocenters. The van der Waals surface area contributed by atoms with E-state index in [0.29, 0.717) is 29.9 Å². The maximum atomic E-state index is 11.5. The molecule has 0 aromatic rings. The standard InChI is InChI=1S/C12H19BO3/c1-3-10(14)16-9-5-7-4-8(9)6(2)11(7)12(13)15/h6-9,11H,3-5,13H2,1-2H3. The van der Waals surface area contributed by atoms with Crippen molar-refractivity contribution in [2.75, 3.05) is 0 Å². The molecule has 16 heavy (non-hydrogen) atoms. The van der Waals surface area contributed by atoms with Gasteiger partial charge in [0.25, 0.3) is 0 Å². The SMILES string of the molecule is BC(=O)C1C2CC(OC(=O)CC)C(C2)C1C. The minimum absolute atomic E-state index is 0.0723. The average molecular weight is 222 g/mol. The molecule has 0 heterocycles. The Kier molecular flexibility index (Phi) is 3.09. The Morgan fingerprint density at radius 2 is 2.06 bits per heavy atom. The first-order chi connectivity index (χ1) is 7.54. The topological polar surface area (TPSA) is 43.4 Å². The maximum Gasteiger partial charge on any atom is 0.305 e. The van der Waals surface area contributed by atoms with Gasteiger partial charge in [0.2, 0.25) is 0 Å². The van der Waals surface area contributed by atoms with Gasteiger partial charge in [0.05, 0.1) is 5.68 Å². The van der Waals surface area contributed by atoms with Crippen molar-refractivity contribution >= 4 is 19.5 Å². The quantitative estimate of drug-likeness (QED) is 0.523. The number of ether oxygens (including phenoxy) is 1. The Hall–Kier alpha value is -0.795. The summed E-state index contributed by atoms with van der Waals surface area (Å²) >= 11 is 0. The molecular weight excluding hydrogens is 203 g/mol. The summed E-state index contributed by atoms with van der Waals surface area (Å²) in [5.74, 6) is 1.35. The predicted molar refractivity (Wildman–Crippen MR) is 62.6 cm³/mol. The smallest absolute Gasteiger partial charge is 0.305 e. The molecule has 3 nitrogen and oxygen atoms in total. The predicted octanol–water partition coefficient (Wildman–Crippen LogP) is 0.760. The van der Waals surface area contributed by atoms with Crippen LogP contribution in [0.1, 0.15) is 33.1 Å². The van der Waals surface area contributed by atoms with E-state index < -0.39 is 0 Å². The molecule has 0 radical (unpaired) electrons. The van der Waals surface area contributed by atoms with Crippen molar-refractivity contribution in [3.05, 3.63) is 0 Å². The van der Waals surface area contributed by atoms with E-state index in [1.807, 2.05) is 6.92 Å². The fourth-order valence-electron chi connectivity index (χ4n) is 3.70. The lowest BCUT2D eigenvalue weighted by Crippen LogP contribution is -2.36. The minimum atomic E-state index is -0.107. The summed E-state index contributed by atoms with van der Waals surface area (Å²) in [4.78, 5) is 22.8. The Balaban J connectivity index is 2.01. The molecule has 4 heteroatoms. The number of fused-ring (bicyclic) bond motifs is 2. The van der Waals surface area contributed by atoms with Crippen molar-refractivity contribution in [3.8, 4) is 0 Å². The average Bonchev–Trinajstić information content (AvgIpc) is 2.73. The monoisotopic (exact) mass is 222 g/mol. The third-order valence-corrected chi connectivity index (χ3v) is 4.38. The van der Waals surface area contributed by atoms with Crippen LogP contribution in [0.25, 0.3) is 0 Å². The highest BCUT2D eigenvalue weighted by atomic mass is 16.5. The number of hydrogen-bond donors (Lipinski definition) is 0. The van der Waals surface area contributed by atoms with E-state index in [2.05, 4.69) is 6.92 Å². The third kappa shape index (κ3) is 1.78. The molecule has 0 aromatic heterocycles. The molecule has 0 aromatic carbocycles. The summed E-state index contributed by atoms with van der Waals surface area (Å²) < 4.78 is 5.44. The molecule has 0 N–H and O–H groups in total. The molecule has 5 atom stereocenters. The van der Waals surface area contributed by atoms with Crippen LogP contribution in [0.4, 0.5) is 0 Å². The van der Waals surface area contributed by atoms with Gasteiger partial charge in [-0.1, -0.05) is 13.8 Å². The number of carbonyl (C=O) groups excluding carboxylic acids is 2. The molecular formula is C12H19BO3. The van der Waals surface area contributed by atoms with Gasteiger partial charge in [-0.2, -0.15) is 0 Å². The fraction of sp³-hybridized carbons (Fsp3) is 0.833. The molecule has 0 amide bonds. The van der Waals surface area contributed by atoms with Gasteiger partial charge in [0.1, 0.15) is 6.10 Å². The molecule has 2 rings (SSSR count). The fourth-order valence-corrected chi connectivity index (χ4v) is 3.70. The van der Waals surface area contributed by atoms with Gasteiger partial charge in [-0.3, -0.25) is 4.79 Å². The van der Waals surface area contributed by atoms with Gasteiger partial charge in [0.15, 0.2) is 7.85 Å². The van der Waals surface area contributed by atoms with E-state index in [1.165, 1.54) is 0 Å². The Bertz CT molecular complexity index is 313. The molecule has 0 spiro atoms. The van der Waals surface area contributed by atoms with Crippen LogP contribution in [0.3, 0.4) is 0 Å². The van der Waals surface area contributed by atoms with Crippen LogP contribution in [0.15, 0.2) is 0 Å². The maximum absolute atomic E-state index is 11.5. The first-order valence-electron chi connectivity index (χ1n) is 6.24. The van der Waals surface area contributed by atoms with Gasteiger partial charge >= 0.3 is 5.97 Å². The van der Waals surface area contributed by atoms with Crippen LogP contribution >= 0.6 is 0 Å². The highest BCUT2D eigenvalue weighted by Gasteiger charge is 2.53. The zero-order valence-corrected chi connectivity index (χ0v) is 10.2. The number of esters is 1. The highest BCUT2D eigenvalue weighted by Crippen LogP contribution is 2.53. The van der Waals surface area contributed by atoms with E-state index in [9.17, 15) is 9.59 Å². The van der Waals surface area contributed by atoms with Crippen molar-refractivity contribution < 1.29 is 14.3 Å². The lowest BCUT2D eigenvalue weighted by atomic mass is 9.72. The van der Waals surface area contributed by atoms with Crippen molar-refractivity contribution in [2.24, 2.45) is 23.7 Å². The normalized spacial score (nSPS) is 41.0. The number of carbonyl (C=O) groups is 2. The molecule has 2 aliphatic carbocycles. The van der Waals surface area contributed by atoms with E-state index in [0.717, 1.165) is 12.8 Å². The molecule has 2 saturated carbocycles.